The van der Waals surface area contributed by atoms with Crippen LogP contribution in [0.1, 0.15) is 26.2 Å². The first-order valence-corrected chi connectivity index (χ1v) is 7.18. The van der Waals surface area contributed by atoms with Crippen molar-refractivity contribution in [3.05, 3.63) is 29.8 Å². The third-order valence-corrected chi connectivity index (χ3v) is 3.40. The Morgan fingerprint density at radius 1 is 1.48 bits per heavy atom. The van der Waals surface area contributed by atoms with Gasteiger partial charge >= 0.3 is 0 Å². The van der Waals surface area contributed by atoms with E-state index in [0.717, 1.165) is 37.9 Å². The van der Waals surface area contributed by atoms with Gasteiger partial charge in [-0.05, 0) is 38.4 Å². The number of hydrogen-bond donors (Lipinski definition) is 2. The molecule has 1 fully saturated rings. The van der Waals surface area contributed by atoms with Crippen molar-refractivity contribution >= 4 is 5.91 Å². The van der Waals surface area contributed by atoms with Crippen molar-refractivity contribution in [2.45, 2.75) is 38.3 Å². The fourth-order valence-electron chi connectivity index (χ4n) is 2.27. The Hall–Kier alpha value is -1.69. The van der Waals surface area contributed by atoms with Crippen LogP contribution in [0, 0.1) is 11.6 Å². The SMILES string of the molecule is CC(COc1ccc(F)cc1F)NC(=O)C1CCCCN1. The average Bonchev–Trinajstić information content (AvgIpc) is 2.47. The monoisotopic (exact) mass is 298 g/mol. The molecule has 2 atom stereocenters. The molecular formula is C15H20F2N2O2. The van der Waals surface area contributed by atoms with Gasteiger partial charge in [0.1, 0.15) is 12.4 Å². The molecule has 2 unspecified atom stereocenters. The van der Waals surface area contributed by atoms with Crippen LogP contribution in [-0.4, -0.2) is 31.1 Å². The molecule has 0 aromatic heterocycles. The zero-order valence-electron chi connectivity index (χ0n) is 12.0. The van der Waals surface area contributed by atoms with Gasteiger partial charge in [-0.15, -0.1) is 0 Å². The van der Waals surface area contributed by atoms with Gasteiger partial charge in [-0.25, -0.2) is 8.78 Å². The summed E-state index contributed by atoms with van der Waals surface area (Å²) in [5.74, 6) is -1.48. The first-order chi connectivity index (χ1) is 10.1. The smallest absolute Gasteiger partial charge is 0.237 e. The van der Waals surface area contributed by atoms with E-state index in [4.69, 9.17) is 4.74 Å². The minimum absolute atomic E-state index is 0.0201. The number of piperidine rings is 1. The normalized spacial score (nSPS) is 19.9. The van der Waals surface area contributed by atoms with Gasteiger partial charge in [-0.1, -0.05) is 6.42 Å². The lowest BCUT2D eigenvalue weighted by Gasteiger charge is -2.24. The molecule has 1 aromatic rings. The molecule has 2 N–H and O–H groups in total. The second-order valence-corrected chi connectivity index (χ2v) is 5.30. The van der Waals surface area contributed by atoms with Crippen LogP contribution in [-0.2, 0) is 4.79 Å². The van der Waals surface area contributed by atoms with Crippen LogP contribution in [0.3, 0.4) is 0 Å². The summed E-state index contributed by atoms with van der Waals surface area (Å²) in [5.41, 5.74) is 0. The van der Waals surface area contributed by atoms with Crippen LogP contribution in [0.4, 0.5) is 8.78 Å². The van der Waals surface area contributed by atoms with Gasteiger partial charge in [0.05, 0.1) is 12.1 Å². The number of carbonyl (C=O) groups excluding carboxylic acids is 1. The lowest BCUT2D eigenvalue weighted by molar-refractivity contribution is -0.124. The quantitative estimate of drug-likeness (QED) is 0.874. The predicted octanol–water partition coefficient (Wildman–Crippen LogP) is 1.99. The maximum atomic E-state index is 13.4. The lowest BCUT2D eigenvalue weighted by Crippen LogP contribution is -2.50. The topological polar surface area (TPSA) is 50.4 Å². The second-order valence-electron chi connectivity index (χ2n) is 5.30. The molecule has 0 spiro atoms. The summed E-state index contributed by atoms with van der Waals surface area (Å²) in [4.78, 5) is 12.0. The van der Waals surface area contributed by atoms with Crippen molar-refractivity contribution < 1.29 is 18.3 Å². The number of amides is 1. The molecule has 21 heavy (non-hydrogen) atoms. The summed E-state index contributed by atoms with van der Waals surface area (Å²) in [7, 11) is 0. The van der Waals surface area contributed by atoms with Gasteiger partial charge in [-0.2, -0.15) is 0 Å². The van der Waals surface area contributed by atoms with Gasteiger partial charge < -0.3 is 15.4 Å². The molecule has 1 saturated heterocycles. The Labute approximate surface area is 122 Å². The van der Waals surface area contributed by atoms with Crippen molar-refractivity contribution in [1.29, 1.82) is 0 Å². The van der Waals surface area contributed by atoms with Crippen molar-refractivity contribution in [1.82, 2.24) is 10.6 Å². The molecule has 0 saturated carbocycles. The Kier molecular flexibility index (Phi) is 5.50. The molecule has 1 heterocycles. The highest BCUT2D eigenvalue weighted by atomic mass is 19.1. The number of hydrogen-bond acceptors (Lipinski definition) is 3. The summed E-state index contributed by atoms with van der Waals surface area (Å²) < 4.78 is 31.4. The molecule has 1 amide bonds. The van der Waals surface area contributed by atoms with Crippen molar-refractivity contribution in [2.75, 3.05) is 13.2 Å². The standard InChI is InChI=1S/C15H20F2N2O2/c1-10(19-15(20)13-4-2-3-7-18-13)9-21-14-6-5-11(16)8-12(14)17/h5-6,8,10,13,18H,2-4,7,9H2,1H3,(H,19,20). The zero-order chi connectivity index (χ0) is 15.2. The van der Waals surface area contributed by atoms with Crippen LogP contribution < -0.4 is 15.4 Å². The van der Waals surface area contributed by atoms with Crippen LogP contribution in [0.25, 0.3) is 0 Å². The highest BCUT2D eigenvalue weighted by Crippen LogP contribution is 2.17. The highest BCUT2D eigenvalue weighted by Gasteiger charge is 2.21. The minimum Gasteiger partial charge on any atom is -0.488 e. The van der Waals surface area contributed by atoms with Crippen LogP contribution >= 0.6 is 0 Å². The van der Waals surface area contributed by atoms with Crippen molar-refractivity contribution in [3.63, 3.8) is 0 Å². The number of nitrogens with one attached hydrogen (secondary N) is 2. The van der Waals surface area contributed by atoms with Gasteiger partial charge in [-0.3, -0.25) is 4.79 Å². The van der Waals surface area contributed by atoms with E-state index in [1.54, 1.807) is 6.92 Å². The minimum atomic E-state index is -0.748. The molecule has 2 rings (SSSR count). The molecule has 0 bridgehead atoms. The maximum absolute atomic E-state index is 13.4. The van der Waals surface area contributed by atoms with Crippen LogP contribution in [0.15, 0.2) is 18.2 Å². The summed E-state index contributed by atoms with van der Waals surface area (Å²) in [5, 5.41) is 5.99. The number of rotatable bonds is 5. The van der Waals surface area contributed by atoms with Crippen LogP contribution in [0.2, 0.25) is 0 Å². The molecule has 6 heteroatoms. The molecule has 116 valence electrons. The number of carbonyl (C=O) groups is 1. The van der Waals surface area contributed by atoms with Gasteiger partial charge in [0.15, 0.2) is 11.6 Å². The second kappa shape index (κ2) is 7.36. The van der Waals surface area contributed by atoms with Crippen molar-refractivity contribution in [3.8, 4) is 5.75 Å². The molecule has 1 aliphatic heterocycles. The van der Waals surface area contributed by atoms with E-state index < -0.39 is 11.6 Å². The Morgan fingerprint density at radius 2 is 2.29 bits per heavy atom. The van der Waals surface area contributed by atoms with E-state index in [1.165, 1.54) is 6.07 Å². The number of benzene rings is 1. The van der Waals surface area contributed by atoms with Gasteiger partial charge in [0, 0.05) is 6.07 Å². The van der Waals surface area contributed by atoms with E-state index in [1.807, 2.05) is 0 Å². The predicted molar refractivity (Wildman–Crippen MR) is 75.1 cm³/mol. The third-order valence-electron chi connectivity index (χ3n) is 3.40. The Bertz CT molecular complexity index is 491. The summed E-state index contributed by atoms with van der Waals surface area (Å²) >= 11 is 0. The van der Waals surface area contributed by atoms with E-state index in [9.17, 15) is 13.6 Å². The fraction of sp³-hybridized carbons (Fsp3) is 0.533. The van der Waals surface area contributed by atoms with Crippen LogP contribution in [0.5, 0.6) is 5.75 Å². The molecular weight excluding hydrogens is 278 g/mol. The summed E-state index contributed by atoms with van der Waals surface area (Å²) in [6, 6.07) is 2.72. The van der Waals surface area contributed by atoms with E-state index in [0.29, 0.717) is 0 Å². The molecule has 1 aliphatic rings. The van der Waals surface area contributed by atoms with E-state index in [-0.39, 0.29) is 30.3 Å². The first-order valence-electron chi connectivity index (χ1n) is 7.18. The van der Waals surface area contributed by atoms with E-state index >= 15 is 0 Å². The fourth-order valence-corrected chi connectivity index (χ4v) is 2.27. The highest BCUT2D eigenvalue weighted by molar-refractivity contribution is 5.82. The Morgan fingerprint density at radius 3 is 2.95 bits per heavy atom. The molecule has 0 aliphatic carbocycles. The third kappa shape index (κ3) is 4.67. The zero-order valence-corrected chi connectivity index (χ0v) is 12.0. The molecule has 1 aromatic carbocycles. The van der Waals surface area contributed by atoms with Gasteiger partial charge in [0.2, 0.25) is 5.91 Å². The largest absolute Gasteiger partial charge is 0.488 e. The summed E-state index contributed by atoms with van der Waals surface area (Å²) in [6.45, 7) is 2.76. The van der Waals surface area contributed by atoms with E-state index in [2.05, 4.69) is 10.6 Å². The van der Waals surface area contributed by atoms with Gasteiger partial charge in [0.25, 0.3) is 0 Å². The summed E-state index contributed by atoms with van der Waals surface area (Å²) in [6.07, 6.45) is 2.95. The molecule has 4 nitrogen and oxygen atoms in total. The number of halogens is 2. The maximum Gasteiger partial charge on any atom is 0.237 e. The first kappa shape index (κ1) is 15.7. The Balaban J connectivity index is 1.78. The lowest BCUT2D eigenvalue weighted by atomic mass is 10.0. The molecule has 0 radical (unpaired) electrons. The average molecular weight is 298 g/mol. The number of ether oxygens (including phenoxy) is 1. The van der Waals surface area contributed by atoms with Crippen molar-refractivity contribution in [2.24, 2.45) is 0 Å².